The zero-order chi connectivity index (χ0) is 19.8. The van der Waals surface area contributed by atoms with Gasteiger partial charge >= 0.3 is 5.97 Å². The molecule has 0 unspecified atom stereocenters. The highest BCUT2D eigenvalue weighted by molar-refractivity contribution is 7.90. The fourth-order valence-electron chi connectivity index (χ4n) is 2.89. The Kier molecular flexibility index (Phi) is 4.90. The van der Waals surface area contributed by atoms with Gasteiger partial charge in [0, 0.05) is 43.2 Å². The maximum absolute atomic E-state index is 13.1. The monoisotopic (exact) mass is 388 g/mol. The second-order valence-electron chi connectivity index (χ2n) is 6.37. The summed E-state index contributed by atoms with van der Waals surface area (Å²) in [6, 6.07) is 9.45. The maximum Gasteiger partial charge on any atom is 0.320 e. The summed E-state index contributed by atoms with van der Waals surface area (Å²) in [6.07, 6.45) is 2.40. The number of carboxylic acid groups (broad SMARTS) is 1. The average Bonchev–Trinajstić information content (AvgIpc) is 3.09. The van der Waals surface area contributed by atoms with E-state index in [1.54, 1.807) is 18.2 Å². The predicted octanol–water partition coefficient (Wildman–Crippen LogP) is 1.29. The third-order valence-electron chi connectivity index (χ3n) is 4.26. The van der Waals surface area contributed by atoms with Gasteiger partial charge in [0.1, 0.15) is 12.4 Å². The van der Waals surface area contributed by atoms with Crippen LogP contribution >= 0.6 is 0 Å². The highest BCUT2D eigenvalue weighted by Crippen LogP contribution is 2.31. The Hall–Kier alpha value is -2.91. The second kappa shape index (κ2) is 7.01. The highest BCUT2D eigenvalue weighted by atomic mass is 32.2. The predicted molar refractivity (Wildman–Crippen MR) is 102 cm³/mol. The van der Waals surface area contributed by atoms with Crippen LogP contribution in [0, 0.1) is 0 Å². The molecule has 3 aromatic rings. The molecule has 27 heavy (non-hydrogen) atoms. The molecule has 1 atom stereocenters. The van der Waals surface area contributed by atoms with Crippen LogP contribution in [-0.2, 0) is 21.2 Å². The first-order chi connectivity index (χ1) is 12.7. The number of aliphatic carboxylic acids is 1. The summed E-state index contributed by atoms with van der Waals surface area (Å²) in [6.45, 7) is 0. The van der Waals surface area contributed by atoms with Gasteiger partial charge in [-0.15, -0.1) is 0 Å². The van der Waals surface area contributed by atoms with E-state index in [4.69, 9.17) is 10.8 Å². The van der Waals surface area contributed by atoms with Gasteiger partial charge in [0.25, 0.3) is 10.0 Å². The Morgan fingerprint density at radius 2 is 1.89 bits per heavy atom. The first kappa shape index (κ1) is 18.9. The number of carbonyl (C=O) groups is 1. The van der Waals surface area contributed by atoms with Crippen LogP contribution in [-0.4, -0.2) is 48.6 Å². The van der Waals surface area contributed by atoms with E-state index in [9.17, 15) is 13.2 Å². The van der Waals surface area contributed by atoms with Gasteiger partial charge in [0.15, 0.2) is 0 Å². The van der Waals surface area contributed by atoms with Crippen LogP contribution in [0.3, 0.4) is 0 Å². The van der Waals surface area contributed by atoms with Crippen molar-refractivity contribution in [3.8, 4) is 0 Å². The highest BCUT2D eigenvalue weighted by Gasteiger charge is 2.22. The van der Waals surface area contributed by atoms with E-state index in [1.807, 2.05) is 37.2 Å². The number of carboxylic acids is 1. The number of imidazole rings is 1. The quantitative estimate of drug-likeness (QED) is 0.653. The van der Waals surface area contributed by atoms with Gasteiger partial charge in [-0.1, -0.05) is 24.3 Å². The van der Waals surface area contributed by atoms with Crippen LogP contribution in [0.25, 0.3) is 10.8 Å². The van der Waals surface area contributed by atoms with Crippen LogP contribution in [0.2, 0.25) is 0 Å². The molecule has 8 nitrogen and oxygen atoms in total. The third kappa shape index (κ3) is 3.51. The Balaban J connectivity index is 2.07. The molecule has 3 N–H and O–H groups in total. The van der Waals surface area contributed by atoms with Gasteiger partial charge in [0.2, 0.25) is 0 Å². The Labute approximate surface area is 156 Å². The number of hydrogen-bond donors (Lipinski definition) is 2. The van der Waals surface area contributed by atoms with Crippen molar-refractivity contribution in [3.63, 3.8) is 0 Å². The number of hydrogen-bond acceptors (Lipinski definition) is 6. The van der Waals surface area contributed by atoms with Crippen LogP contribution in [0.5, 0.6) is 0 Å². The fraction of sp³-hybridized carbons (Fsp3) is 0.222. The third-order valence-corrected chi connectivity index (χ3v) is 5.92. The van der Waals surface area contributed by atoms with Gasteiger partial charge < -0.3 is 15.7 Å². The molecule has 0 saturated carbocycles. The zero-order valence-electron chi connectivity index (χ0n) is 14.9. The van der Waals surface area contributed by atoms with E-state index in [-0.39, 0.29) is 11.3 Å². The van der Waals surface area contributed by atoms with Crippen molar-refractivity contribution < 1.29 is 18.3 Å². The molecule has 0 aliphatic rings. The summed E-state index contributed by atoms with van der Waals surface area (Å²) >= 11 is 0. The van der Waals surface area contributed by atoms with E-state index in [1.165, 1.54) is 6.20 Å². The topological polar surface area (TPSA) is 119 Å². The lowest BCUT2D eigenvalue weighted by Crippen LogP contribution is -2.32. The molecule has 3 rings (SSSR count). The Morgan fingerprint density at radius 3 is 2.56 bits per heavy atom. The molecular weight excluding hydrogens is 368 g/mol. The molecule has 1 heterocycles. The fourth-order valence-corrected chi connectivity index (χ4v) is 4.25. The largest absolute Gasteiger partial charge is 0.480 e. The minimum absolute atomic E-state index is 0.0574. The molecule has 9 heteroatoms. The summed E-state index contributed by atoms with van der Waals surface area (Å²) in [5, 5.41) is 10.3. The lowest BCUT2D eigenvalue weighted by Gasteiger charge is -2.17. The number of aromatic nitrogens is 2. The Bertz CT molecular complexity index is 1110. The van der Waals surface area contributed by atoms with E-state index in [0.717, 1.165) is 21.4 Å². The molecule has 0 aliphatic heterocycles. The van der Waals surface area contributed by atoms with Gasteiger partial charge in [-0.2, -0.15) is 0 Å². The first-order valence-corrected chi connectivity index (χ1v) is 9.61. The normalized spacial score (nSPS) is 12.9. The van der Waals surface area contributed by atoms with E-state index in [2.05, 4.69) is 4.98 Å². The van der Waals surface area contributed by atoms with E-state index < -0.39 is 22.0 Å². The number of fused-ring (bicyclic) bond motifs is 1. The standard InChI is InChI=1S/C18H20N4O4S/c1-21(2)16-7-3-6-14-13(16)5-4-8-17(14)27(25,26)22-10-12(20-11-22)9-15(19)18(23)24/h3-8,10-11,15H,9,19H2,1-2H3,(H,23,24)/t15-/m0/s1. The van der Waals surface area contributed by atoms with Crippen molar-refractivity contribution >= 4 is 32.5 Å². The van der Waals surface area contributed by atoms with Crippen LogP contribution in [0.15, 0.2) is 53.8 Å². The second-order valence-corrected chi connectivity index (χ2v) is 8.18. The molecule has 0 fully saturated rings. The zero-order valence-corrected chi connectivity index (χ0v) is 15.7. The van der Waals surface area contributed by atoms with Gasteiger partial charge in [-0.3, -0.25) is 4.79 Å². The first-order valence-electron chi connectivity index (χ1n) is 8.17. The van der Waals surface area contributed by atoms with Crippen molar-refractivity contribution in [1.82, 2.24) is 8.96 Å². The van der Waals surface area contributed by atoms with Crippen molar-refractivity contribution in [2.75, 3.05) is 19.0 Å². The molecule has 0 radical (unpaired) electrons. The summed E-state index contributed by atoms with van der Waals surface area (Å²) in [7, 11) is -0.111. The molecule has 2 aromatic carbocycles. The molecule has 0 bridgehead atoms. The minimum atomic E-state index is -3.90. The van der Waals surface area contributed by atoms with Crippen molar-refractivity contribution in [2.45, 2.75) is 17.4 Å². The minimum Gasteiger partial charge on any atom is -0.480 e. The smallest absolute Gasteiger partial charge is 0.320 e. The van der Waals surface area contributed by atoms with E-state index in [0.29, 0.717) is 11.1 Å². The van der Waals surface area contributed by atoms with Gasteiger partial charge in [-0.25, -0.2) is 17.4 Å². The SMILES string of the molecule is CN(C)c1cccc2c(S(=O)(=O)n3cnc(C[C@H](N)C(=O)O)c3)cccc12. The Morgan fingerprint density at radius 1 is 1.22 bits per heavy atom. The van der Waals surface area contributed by atoms with Crippen LogP contribution in [0.1, 0.15) is 5.69 Å². The summed E-state index contributed by atoms with van der Waals surface area (Å²) in [5.41, 5.74) is 6.69. The molecule has 0 aliphatic carbocycles. The molecule has 0 saturated heterocycles. The van der Waals surface area contributed by atoms with Crippen LogP contribution < -0.4 is 10.6 Å². The molecule has 142 valence electrons. The van der Waals surface area contributed by atoms with E-state index >= 15 is 0 Å². The lowest BCUT2D eigenvalue weighted by atomic mass is 10.1. The molecule has 0 amide bonds. The number of rotatable bonds is 6. The summed E-state index contributed by atoms with van der Waals surface area (Å²) in [4.78, 5) is 16.9. The number of benzene rings is 2. The molecule has 0 spiro atoms. The van der Waals surface area contributed by atoms with Gasteiger partial charge in [0.05, 0.1) is 10.6 Å². The number of nitrogens with zero attached hydrogens (tertiary/aromatic N) is 3. The lowest BCUT2D eigenvalue weighted by molar-refractivity contribution is -0.138. The molecular formula is C18H20N4O4S. The average molecular weight is 388 g/mol. The summed E-state index contributed by atoms with van der Waals surface area (Å²) < 4.78 is 27.2. The van der Waals surface area contributed by atoms with Gasteiger partial charge in [-0.05, 0) is 12.1 Å². The van der Waals surface area contributed by atoms with Crippen LogP contribution in [0.4, 0.5) is 5.69 Å². The molecule has 1 aromatic heterocycles. The van der Waals surface area contributed by atoms with Crippen molar-refractivity contribution in [1.29, 1.82) is 0 Å². The van der Waals surface area contributed by atoms with Crippen molar-refractivity contribution in [2.24, 2.45) is 5.73 Å². The number of anilines is 1. The number of nitrogens with two attached hydrogens (primary N) is 1. The maximum atomic E-state index is 13.1. The summed E-state index contributed by atoms with van der Waals surface area (Å²) in [5.74, 6) is -1.17. The van der Waals surface area contributed by atoms with Crippen molar-refractivity contribution in [3.05, 3.63) is 54.6 Å².